The molecule has 246 valence electrons. The number of nitrogens with zero attached hydrogens (tertiary/aromatic N) is 2. The molecule has 0 unspecified atom stereocenters. The average molecular weight is 644 g/mol. The first kappa shape index (κ1) is 34.4. The maximum absolute atomic E-state index is 14.4. The maximum Gasteiger partial charge on any atom is 0.269 e. The molecule has 3 atom stereocenters. The molecule has 13 nitrogen and oxygen atoms in total. The highest BCUT2D eigenvalue weighted by atomic mass is 16.6. The number of hydrogen-bond donors (Lipinski definition) is 4. The fourth-order valence-corrected chi connectivity index (χ4v) is 5.57. The Labute approximate surface area is 271 Å². The lowest BCUT2D eigenvalue weighted by Gasteiger charge is -2.44. The summed E-state index contributed by atoms with van der Waals surface area (Å²) in [5.74, 6) is -4.14. The Morgan fingerprint density at radius 3 is 2.19 bits per heavy atom. The molecule has 1 aliphatic rings. The molecule has 1 heterocycles. The van der Waals surface area contributed by atoms with Gasteiger partial charge >= 0.3 is 0 Å². The van der Waals surface area contributed by atoms with E-state index in [-0.39, 0.29) is 55.1 Å². The van der Waals surface area contributed by atoms with Crippen LogP contribution in [-0.4, -0.2) is 62.0 Å². The van der Waals surface area contributed by atoms with Crippen molar-refractivity contribution in [1.29, 1.82) is 0 Å². The third-order valence-corrected chi connectivity index (χ3v) is 7.94. The van der Waals surface area contributed by atoms with Crippen molar-refractivity contribution in [2.75, 3.05) is 5.32 Å². The Kier molecular flexibility index (Phi) is 10.8. The topological polar surface area (TPSA) is 202 Å². The number of non-ortho nitro benzene ring substituents is 1. The highest BCUT2D eigenvalue weighted by molar-refractivity contribution is 6.23. The number of rotatable bonds is 12. The van der Waals surface area contributed by atoms with Crippen molar-refractivity contribution in [3.05, 3.63) is 100 Å². The van der Waals surface area contributed by atoms with E-state index in [1.54, 1.807) is 42.5 Å². The van der Waals surface area contributed by atoms with E-state index in [1.807, 2.05) is 13.8 Å². The zero-order valence-corrected chi connectivity index (χ0v) is 26.0. The van der Waals surface area contributed by atoms with Crippen LogP contribution in [0, 0.1) is 16.0 Å². The van der Waals surface area contributed by atoms with Crippen molar-refractivity contribution in [1.82, 2.24) is 10.2 Å². The summed E-state index contributed by atoms with van der Waals surface area (Å²) in [5, 5.41) is 25.9. The highest BCUT2D eigenvalue weighted by Crippen LogP contribution is 2.33. The lowest BCUT2D eigenvalue weighted by Crippen LogP contribution is -2.71. The second kappa shape index (κ2) is 14.8. The maximum atomic E-state index is 14.4. The largest absolute Gasteiger partial charge is 0.508 e. The van der Waals surface area contributed by atoms with Crippen molar-refractivity contribution in [2.45, 2.75) is 63.6 Å². The number of imide groups is 1. The Morgan fingerprint density at radius 1 is 0.957 bits per heavy atom. The normalized spacial score (nSPS) is 17.6. The van der Waals surface area contributed by atoms with Gasteiger partial charge in [0.25, 0.3) is 17.5 Å². The summed E-state index contributed by atoms with van der Waals surface area (Å²) in [6.45, 7) is 3.62. The molecule has 1 fully saturated rings. The quantitative estimate of drug-likeness (QED) is 0.130. The number of nitro groups is 1. The number of anilines is 1. The Hall–Kier alpha value is -5.43. The van der Waals surface area contributed by atoms with Crippen LogP contribution in [0.4, 0.5) is 11.4 Å². The second-order valence-corrected chi connectivity index (χ2v) is 11.9. The van der Waals surface area contributed by atoms with Crippen LogP contribution in [0.2, 0.25) is 0 Å². The van der Waals surface area contributed by atoms with Gasteiger partial charge in [-0.05, 0) is 54.2 Å². The molecule has 0 aromatic heterocycles. The molecule has 1 saturated heterocycles. The summed E-state index contributed by atoms with van der Waals surface area (Å²) in [4.78, 5) is 80.8. The van der Waals surface area contributed by atoms with Gasteiger partial charge in [-0.15, -0.1) is 0 Å². The fourth-order valence-electron chi connectivity index (χ4n) is 5.57. The molecule has 1 aliphatic heterocycles. The predicted octanol–water partition coefficient (Wildman–Crippen LogP) is 3.04. The average Bonchev–Trinajstić information content (AvgIpc) is 3.03. The third-order valence-electron chi connectivity index (χ3n) is 7.94. The van der Waals surface area contributed by atoms with E-state index in [4.69, 9.17) is 5.73 Å². The number of ketones is 1. The number of carbonyl (C=O) groups is 5. The first-order valence-corrected chi connectivity index (χ1v) is 15.2. The van der Waals surface area contributed by atoms with Crippen LogP contribution in [-0.2, 0) is 36.8 Å². The molecule has 5 N–H and O–H groups in total. The number of carbonyl (C=O) groups excluding carboxylic acids is 5. The number of amides is 4. The number of phenols is 1. The summed E-state index contributed by atoms with van der Waals surface area (Å²) in [7, 11) is 0. The molecule has 0 aliphatic carbocycles. The SMILES string of the molecule is CC(C)C[C@H](NC(=O)[C@@H](N)Cc1ccc(O)cc1)C(=O)N1C(=O)CCC(=O)[C@]1(Cc1ccccc1)C(=O)Nc1ccc([N+](=O)[O-])cc1. The summed E-state index contributed by atoms with van der Waals surface area (Å²) in [6.07, 6.45) is -0.812. The zero-order chi connectivity index (χ0) is 34.3. The monoisotopic (exact) mass is 643 g/mol. The lowest BCUT2D eigenvalue weighted by atomic mass is 9.78. The van der Waals surface area contributed by atoms with E-state index in [0.717, 1.165) is 0 Å². The molecular weight excluding hydrogens is 606 g/mol. The van der Waals surface area contributed by atoms with Gasteiger partial charge in [0.2, 0.25) is 11.8 Å². The van der Waals surface area contributed by atoms with Crippen molar-refractivity contribution >= 4 is 40.8 Å². The molecule has 3 aromatic rings. The number of nitro benzene ring substituents is 1. The van der Waals surface area contributed by atoms with Gasteiger partial charge in [0.05, 0.1) is 11.0 Å². The lowest BCUT2D eigenvalue weighted by molar-refractivity contribution is -0.384. The number of phenolic OH excluding ortho intramolecular Hbond substituents is 1. The molecular formula is C34H37N5O8. The van der Waals surface area contributed by atoms with E-state index < -0.39 is 52.0 Å². The van der Waals surface area contributed by atoms with Gasteiger partial charge in [-0.1, -0.05) is 56.3 Å². The minimum Gasteiger partial charge on any atom is -0.508 e. The Bertz CT molecular complexity index is 1640. The minimum atomic E-state index is -2.33. The minimum absolute atomic E-state index is 0.0479. The molecule has 4 rings (SSSR count). The molecule has 0 spiro atoms. The smallest absolute Gasteiger partial charge is 0.269 e. The summed E-state index contributed by atoms with van der Waals surface area (Å²) >= 11 is 0. The summed E-state index contributed by atoms with van der Waals surface area (Å²) in [5.41, 5.74) is 4.90. The zero-order valence-electron chi connectivity index (χ0n) is 26.0. The van der Waals surface area contributed by atoms with Crippen LogP contribution in [0.15, 0.2) is 78.9 Å². The molecule has 3 aromatic carbocycles. The van der Waals surface area contributed by atoms with Gasteiger partial charge < -0.3 is 21.5 Å². The third kappa shape index (κ3) is 8.05. The van der Waals surface area contributed by atoms with Crippen LogP contribution >= 0.6 is 0 Å². The van der Waals surface area contributed by atoms with Crippen LogP contribution < -0.4 is 16.4 Å². The van der Waals surface area contributed by atoms with Crippen molar-refractivity contribution < 1.29 is 34.0 Å². The standard InChI is InChI=1S/C34H37N5O8/c1-21(2)18-28(37-31(43)27(35)19-22-8-14-26(40)15-9-22)32(44)38-30(42)17-16-29(41)34(38,20-23-6-4-3-5-7-23)33(45)36-24-10-12-25(13-11-24)39(46)47/h3-15,21,27-28,40H,16-20,35H2,1-2H3,(H,36,45)(H,37,43)/t27-,28-,34+/m0/s1. The van der Waals surface area contributed by atoms with Gasteiger partial charge in [-0.2, -0.15) is 0 Å². The number of benzene rings is 3. The first-order valence-electron chi connectivity index (χ1n) is 15.2. The summed E-state index contributed by atoms with van der Waals surface area (Å²) in [6, 6.07) is 17.1. The molecule has 0 bridgehead atoms. The van der Waals surface area contributed by atoms with Gasteiger partial charge in [0.1, 0.15) is 11.8 Å². The number of Topliss-reactive ketones (excluding diaryl/α,β-unsaturated/α-hetero) is 1. The molecule has 0 saturated carbocycles. The fraction of sp³-hybridized carbons (Fsp3) is 0.324. The van der Waals surface area contributed by atoms with E-state index in [9.17, 15) is 39.2 Å². The molecule has 47 heavy (non-hydrogen) atoms. The van der Waals surface area contributed by atoms with Gasteiger partial charge in [-0.3, -0.25) is 39.0 Å². The van der Waals surface area contributed by atoms with Crippen LogP contribution in [0.3, 0.4) is 0 Å². The van der Waals surface area contributed by atoms with Gasteiger partial charge in [-0.25, -0.2) is 0 Å². The number of likely N-dealkylation sites (tertiary alicyclic amines) is 1. The molecule has 13 heteroatoms. The van der Waals surface area contributed by atoms with E-state index >= 15 is 0 Å². The molecule has 0 radical (unpaired) electrons. The van der Waals surface area contributed by atoms with Crippen LogP contribution in [0.25, 0.3) is 0 Å². The van der Waals surface area contributed by atoms with E-state index in [1.165, 1.54) is 36.4 Å². The number of nitrogens with two attached hydrogens (primary N) is 1. The van der Waals surface area contributed by atoms with Gasteiger partial charge in [0, 0.05) is 37.1 Å². The van der Waals surface area contributed by atoms with Gasteiger partial charge in [0.15, 0.2) is 11.3 Å². The van der Waals surface area contributed by atoms with Crippen molar-refractivity contribution in [3.63, 3.8) is 0 Å². The predicted molar refractivity (Wildman–Crippen MR) is 172 cm³/mol. The van der Waals surface area contributed by atoms with E-state index in [2.05, 4.69) is 10.6 Å². The number of nitrogens with one attached hydrogen (secondary N) is 2. The second-order valence-electron chi connectivity index (χ2n) is 11.9. The Morgan fingerprint density at radius 2 is 1.60 bits per heavy atom. The summed E-state index contributed by atoms with van der Waals surface area (Å²) < 4.78 is 0. The number of aromatic hydroxyl groups is 1. The first-order chi connectivity index (χ1) is 22.3. The van der Waals surface area contributed by atoms with E-state index in [0.29, 0.717) is 16.0 Å². The van der Waals surface area contributed by atoms with Crippen molar-refractivity contribution in [2.24, 2.45) is 11.7 Å². The highest BCUT2D eigenvalue weighted by Gasteiger charge is 2.58. The van der Waals surface area contributed by atoms with Crippen LogP contribution in [0.5, 0.6) is 5.75 Å². The van der Waals surface area contributed by atoms with Crippen molar-refractivity contribution in [3.8, 4) is 5.75 Å². The number of hydrogen-bond acceptors (Lipinski definition) is 9. The Balaban J connectivity index is 1.72. The molecule has 4 amide bonds. The van der Waals surface area contributed by atoms with Crippen LogP contribution in [0.1, 0.15) is 44.2 Å². The number of piperidine rings is 1.